The second-order valence-electron chi connectivity index (χ2n) is 2.67. The fraction of sp³-hybridized carbons (Fsp3) is 0.167. The Bertz CT molecular complexity index is 408. The van der Waals surface area contributed by atoms with Crippen molar-refractivity contribution in [1.29, 1.82) is 0 Å². The summed E-state index contributed by atoms with van der Waals surface area (Å²) in [6.45, 7) is -5.01. The molecule has 1 aromatic rings. The molecule has 0 atom stereocenters. The molecule has 0 aromatic carbocycles. The molecule has 9 heteroatoms. The van der Waals surface area contributed by atoms with Gasteiger partial charge in [0, 0.05) is 10.7 Å². The first-order valence-corrected chi connectivity index (χ1v) is 5.15. The first-order chi connectivity index (χ1) is 6.29. The maximum absolute atomic E-state index is 12.1. The van der Waals surface area contributed by atoms with E-state index < -0.39 is 19.0 Å². The summed E-state index contributed by atoms with van der Waals surface area (Å²) in [7, 11) is 0. The zero-order chi connectivity index (χ0) is 10.9. The third kappa shape index (κ3) is 5.51. The molecule has 0 aliphatic carbocycles. The Hall–Kier alpha value is 1.40. The molecule has 0 unspecified atom stereocenters. The van der Waals surface area contributed by atoms with Gasteiger partial charge in [0.1, 0.15) is 0 Å². The van der Waals surface area contributed by atoms with Gasteiger partial charge in [0.15, 0.2) is 0 Å². The van der Waals surface area contributed by atoms with Crippen molar-refractivity contribution in [2.45, 2.75) is 6.44 Å². The Kier molecular flexibility index (Phi) is 6.96. The molecule has 1 aromatic heterocycles. The van der Waals surface area contributed by atoms with E-state index in [1.165, 1.54) is 6.07 Å². The van der Waals surface area contributed by atoms with E-state index in [4.69, 9.17) is 0 Å². The third-order valence-corrected chi connectivity index (χ3v) is 2.41. The van der Waals surface area contributed by atoms with E-state index in [0.717, 1.165) is 6.20 Å². The predicted molar refractivity (Wildman–Crippen MR) is 55.2 cm³/mol. The second kappa shape index (κ2) is 6.37. The molecule has 15 heavy (non-hydrogen) atoms. The topological polar surface area (TPSA) is 22.0 Å². The molecule has 1 rings (SSSR count). The van der Waals surface area contributed by atoms with Crippen molar-refractivity contribution in [3.8, 4) is 0 Å². The van der Waals surface area contributed by atoms with Crippen LogP contribution in [-0.4, -0.2) is 11.5 Å². The van der Waals surface area contributed by atoms with Crippen molar-refractivity contribution in [2.75, 3.05) is 0 Å². The minimum Gasteiger partial charge on any atom is -0.448 e. The van der Waals surface area contributed by atoms with Crippen molar-refractivity contribution in [3.05, 3.63) is 31.6 Å². The van der Waals surface area contributed by atoms with Crippen LogP contribution in [0.1, 0.15) is 0 Å². The molecule has 1 heterocycles. The van der Waals surface area contributed by atoms with Crippen LogP contribution in [0.2, 0.25) is 0 Å². The van der Waals surface area contributed by atoms with Crippen LogP contribution in [0.5, 0.6) is 0 Å². The normalized spacial score (nSPS) is 11.0. The van der Waals surface area contributed by atoms with Crippen LogP contribution < -0.4 is 56.9 Å². The number of aromatic nitrogens is 1. The molecule has 0 N–H and O–H groups in total. The number of rotatable bonds is 2. The van der Waals surface area contributed by atoms with Gasteiger partial charge in [0.2, 0.25) is 0 Å². The Balaban J connectivity index is 0.00000196. The van der Waals surface area contributed by atoms with Crippen molar-refractivity contribution in [1.82, 2.24) is 4.57 Å². The van der Waals surface area contributed by atoms with Crippen LogP contribution in [0.15, 0.2) is 26.0 Å². The van der Waals surface area contributed by atoms with Gasteiger partial charge in [-0.1, -0.05) is 0 Å². The summed E-state index contributed by atoms with van der Waals surface area (Å²) >= 11 is 5.89. The minimum atomic E-state index is -5.01. The van der Waals surface area contributed by atoms with E-state index in [-0.39, 0.29) is 55.9 Å². The van der Waals surface area contributed by atoms with E-state index in [0.29, 0.717) is 9.04 Å². The number of hydrogen-bond acceptors (Lipinski definition) is 1. The third-order valence-electron chi connectivity index (χ3n) is 1.41. The Morgan fingerprint density at radius 1 is 1.33 bits per heavy atom. The fourth-order valence-electron chi connectivity index (χ4n) is 0.923. The summed E-state index contributed by atoms with van der Waals surface area (Å²) in [6, 6.07) is 1.40. The average Bonchev–Trinajstić information content (AvgIpc) is 1.96. The van der Waals surface area contributed by atoms with E-state index in [1.807, 2.05) is 0 Å². The summed E-state index contributed by atoms with van der Waals surface area (Å²) in [5, 5.41) is 0. The van der Waals surface area contributed by atoms with Crippen molar-refractivity contribution in [2.24, 2.45) is 0 Å². The van der Waals surface area contributed by atoms with Crippen LogP contribution in [0.3, 0.4) is 0 Å². The molecule has 0 bridgehead atoms. The van der Waals surface area contributed by atoms with Crippen LogP contribution in [-0.2, 0) is 6.44 Å². The number of pyridine rings is 1. The van der Waals surface area contributed by atoms with E-state index in [2.05, 4.69) is 31.9 Å². The van der Waals surface area contributed by atoms with E-state index in [1.54, 1.807) is 0 Å². The molecule has 0 saturated carbocycles. The van der Waals surface area contributed by atoms with Crippen molar-refractivity contribution >= 4 is 38.8 Å². The molecule has 0 fully saturated rings. The van der Waals surface area contributed by atoms with Gasteiger partial charge in [-0.15, -0.1) is 0 Å². The van der Waals surface area contributed by atoms with Gasteiger partial charge in [0.25, 0.3) is 5.56 Å². The number of hydrogen-bond donors (Lipinski definition) is 0. The smallest absolute Gasteiger partial charge is 0.448 e. The largest absolute Gasteiger partial charge is 1.00 e. The van der Waals surface area contributed by atoms with Gasteiger partial charge < -0.3 is 17.5 Å². The summed E-state index contributed by atoms with van der Waals surface area (Å²) in [6.07, 6.45) is -0.112. The maximum atomic E-state index is 12.1. The Labute approximate surface area is 143 Å². The summed E-state index contributed by atoms with van der Waals surface area (Å²) in [4.78, 5) is 11.2. The van der Waals surface area contributed by atoms with E-state index >= 15 is 0 Å². The molecule has 0 aliphatic heterocycles. The van der Waals surface area contributed by atoms with Crippen LogP contribution in [0, 0.1) is 0 Å². The van der Waals surface area contributed by atoms with Gasteiger partial charge in [0.05, 0.1) is 4.47 Å². The van der Waals surface area contributed by atoms with Crippen LogP contribution in [0.25, 0.3) is 0 Å². The summed E-state index contributed by atoms with van der Waals surface area (Å²) in [5.41, 5.74) is -0.688. The molecule has 78 valence electrons. The molecule has 0 amide bonds. The van der Waals surface area contributed by atoms with Gasteiger partial charge in [-0.25, -0.2) is 0 Å². The zero-order valence-electron chi connectivity index (χ0n) is 7.68. The van der Waals surface area contributed by atoms with Crippen LogP contribution in [0.4, 0.5) is 12.9 Å². The monoisotopic (exact) mass is 371 g/mol. The molecule has 0 spiro atoms. The van der Waals surface area contributed by atoms with E-state index in [9.17, 15) is 17.7 Å². The Morgan fingerprint density at radius 2 is 1.87 bits per heavy atom. The quantitative estimate of drug-likeness (QED) is 0.657. The van der Waals surface area contributed by atoms with Gasteiger partial charge >= 0.3 is 58.4 Å². The predicted octanol–water partition coefficient (Wildman–Crippen LogP) is -0.236. The average molecular weight is 373 g/mol. The van der Waals surface area contributed by atoms with Crippen LogP contribution >= 0.6 is 31.9 Å². The van der Waals surface area contributed by atoms with Gasteiger partial charge in [-0.05, 0) is 44.4 Å². The number of halogens is 5. The summed E-state index contributed by atoms with van der Waals surface area (Å²) < 4.78 is 37.3. The number of nitrogens with zero attached hydrogens (tertiary/aromatic N) is 1. The van der Waals surface area contributed by atoms with Gasteiger partial charge in [-0.3, -0.25) is 4.79 Å². The fourth-order valence-corrected chi connectivity index (χ4v) is 2.18. The van der Waals surface area contributed by atoms with Crippen molar-refractivity contribution in [3.63, 3.8) is 0 Å². The second-order valence-corrected chi connectivity index (χ2v) is 4.44. The standard InChI is InChI=1S/C6H4BBr2F3NO.K/c8-4-1-5(9)6(14)13(2-4)3-7(10,11)12;/h1-2H,3H2;/q-1;+1. The first kappa shape index (κ1) is 16.4. The summed E-state index contributed by atoms with van der Waals surface area (Å²) in [5.74, 6) is 0. The Morgan fingerprint density at radius 3 is 2.33 bits per heavy atom. The molecule has 0 radical (unpaired) electrons. The molecular formula is C6H4BBr2F3KNO. The zero-order valence-corrected chi connectivity index (χ0v) is 14.0. The molecular weight excluding hydrogens is 369 g/mol. The maximum Gasteiger partial charge on any atom is 1.00 e. The SMILES string of the molecule is O=c1c(Br)cc(Br)cn1C[B-](F)(F)F.[K+]. The molecule has 0 aliphatic rings. The molecule has 0 saturated heterocycles. The first-order valence-electron chi connectivity index (χ1n) is 3.56. The molecule has 2 nitrogen and oxygen atoms in total. The minimum absolute atomic E-state index is 0. The van der Waals surface area contributed by atoms with Gasteiger partial charge in [-0.2, -0.15) is 0 Å². The van der Waals surface area contributed by atoms with Crippen molar-refractivity contribution < 1.29 is 64.3 Å².